The number of methoxy groups -OCH3 is 1. The Labute approximate surface area is 155 Å². The molecule has 1 aromatic heterocycles. The molecule has 1 saturated heterocycles. The summed E-state index contributed by atoms with van der Waals surface area (Å²) in [6.45, 7) is 2.38. The van der Waals surface area contributed by atoms with Crippen molar-refractivity contribution in [3.05, 3.63) is 65.4 Å². The van der Waals surface area contributed by atoms with Crippen molar-refractivity contribution < 1.29 is 4.74 Å². The molecular formula is C23H26N2O. The van der Waals surface area contributed by atoms with Crippen LogP contribution in [0.1, 0.15) is 35.4 Å². The molecule has 2 aromatic carbocycles. The molecule has 4 rings (SSSR count). The molecule has 1 aliphatic rings. The lowest BCUT2D eigenvalue weighted by Gasteiger charge is -2.28. The molecule has 0 amide bonds. The number of ether oxygens (including phenoxy) is 1. The smallest absolute Gasteiger partial charge is 0.118 e. The molecule has 2 heterocycles. The lowest BCUT2D eigenvalue weighted by molar-refractivity contribution is 0.256. The number of nitrogens with one attached hydrogen (secondary N) is 1. The normalized spacial score (nSPS) is 16.5. The minimum absolute atomic E-state index is 0.667. The summed E-state index contributed by atoms with van der Waals surface area (Å²) in [4.78, 5) is 5.88. The molecule has 1 aliphatic heterocycles. The standard InChI is InChI=1S/C23H26N2O/c1-25-13-11-19(12-14-25)22-16-24-23-10-7-18(15-21(22)23)4-3-17-5-8-20(26-2)9-6-17/h3-10,15-16,19,24H,11-14H2,1-2H3/b4-3+. The molecule has 0 spiro atoms. The fraction of sp³-hybridized carbons (Fsp3) is 0.304. The largest absolute Gasteiger partial charge is 0.497 e. The van der Waals surface area contributed by atoms with Gasteiger partial charge >= 0.3 is 0 Å². The van der Waals surface area contributed by atoms with Crippen LogP contribution in [0.3, 0.4) is 0 Å². The lowest BCUT2D eigenvalue weighted by Crippen LogP contribution is -2.29. The van der Waals surface area contributed by atoms with Gasteiger partial charge in [-0.25, -0.2) is 0 Å². The summed E-state index contributed by atoms with van der Waals surface area (Å²) in [7, 11) is 3.91. The van der Waals surface area contributed by atoms with E-state index in [9.17, 15) is 0 Å². The highest BCUT2D eigenvalue weighted by Gasteiger charge is 2.20. The number of aromatic nitrogens is 1. The number of H-pyrrole nitrogens is 1. The first-order valence-electron chi connectivity index (χ1n) is 9.34. The van der Waals surface area contributed by atoms with Crippen LogP contribution in [-0.2, 0) is 0 Å². The van der Waals surface area contributed by atoms with Crippen molar-refractivity contribution in [1.82, 2.24) is 9.88 Å². The molecule has 1 N–H and O–H groups in total. The van der Waals surface area contributed by atoms with Crippen LogP contribution in [0.5, 0.6) is 5.75 Å². The van der Waals surface area contributed by atoms with Crippen LogP contribution < -0.4 is 4.74 Å². The van der Waals surface area contributed by atoms with E-state index in [1.54, 1.807) is 7.11 Å². The maximum absolute atomic E-state index is 5.22. The van der Waals surface area contributed by atoms with Gasteiger partial charge < -0.3 is 14.6 Å². The van der Waals surface area contributed by atoms with Crippen molar-refractivity contribution in [2.45, 2.75) is 18.8 Å². The van der Waals surface area contributed by atoms with Crippen molar-refractivity contribution in [3.63, 3.8) is 0 Å². The summed E-state index contributed by atoms with van der Waals surface area (Å²) in [6, 6.07) is 14.8. The van der Waals surface area contributed by atoms with E-state index in [1.165, 1.54) is 53.5 Å². The van der Waals surface area contributed by atoms with Gasteiger partial charge in [-0.2, -0.15) is 0 Å². The third-order valence-electron chi connectivity index (χ3n) is 5.48. The van der Waals surface area contributed by atoms with Crippen molar-refractivity contribution in [3.8, 4) is 5.75 Å². The quantitative estimate of drug-likeness (QED) is 0.661. The van der Waals surface area contributed by atoms with Crippen LogP contribution in [-0.4, -0.2) is 37.1 Å². The predicted octanol–water partition coefficient (Wildman–Crippen LogP) is 5.16. The molecule has 0 atom stereocenters. The number of piperidine rings is 1. The zero-order valence-corrected chi connectivity index (χ0v) is 15.5. The van der Waals surface area contributed by atoms with Crippen LogP contribution >= 0.6 is 0 Å². The van der Waals surface area contributed by atoms with Gasteiger partial charge in [0.15, 0.2) is 0 Å². The molecule has 0 unspecified atom stereocenters. The second kappa shape index (κ2) is 7.38. The van der Waals surface area contributed by atoms with Gasteiger partial charge in [0.1, 0.15) is 5.75 Å². The van der Waals surface area contributed by atoms with Crippen LogP contribution in [0.4, 0.5) is 0 Å². The average Bonchev–Trinajstić information content (AvgIpc) is 3.10. The van der Waals surface area contributed by atoms with Crippen molar-refractivity contribution in [2.75, 3.05) is 27.2 Å². The first-order valence-corrected chi connectivity index (χ1v) is 9.34. The zero-order valence-electron chi connectivity index (χ0n) is 15.5. The average molecular weight is 346 g/mol. The summed E-state index contributed by atoms with van der Waals surface area (Å²) < 4.78 is 5.22. The second-order valence-corrected chi connectivity index (χ2v) is 7.23. The van der Waals surface area contributed by atoms with Crippen molar-refractivity contribution >= 4 is 23.1 Å². The van der Waals surface area contributed by atoms with E-state index in [-0.39, 0.29) is 0 Å². The number of benzene rings is 2. The Hall–Kier alpha value is -2.52. The summed E-state index contributed by atoms with van der Waals surface area (Å²) in [5.41, 5.74) is 5.13. The van der Waals surface area contributed by atoms with E-state index >= 15 is 0 Å². The Bertz CT molecular complexity index is 900. The first-order chi connectivity index (χ1) is 12.7. The Balaban J connectivity index is 1.58. The highest BCUT2D eigenvalue weighted by atomic mass is 16.5. The van der Waals surface area contributed by atoms with Crippen LogP contribution in [0, 0.1) is 0 Å². The number of hydrogen-bond acceptors (Lipinski definition) is 2. The Morgan fingerprint density at radius 2 is 1.69 bits per heavy atom. The molecule has 3 nitrogen and oxygen atoms in total. The summed E-state index contributed by atoms with van der Waals surface area (Å²) in [5, 5.41) is 1.37. The van der Waals surface area contributed by atoms with Crippen LogP contribution in [0.15, 0.2) is 48.7 Å². The maximum Gasteiger partial charge on any atom is 0.118 e. The third-order valence-corrected chi connectivity index (χ3v) is 5.48. The summed E-state index contributed by atoms with van der Waals surface area (Å²) in [5.74, 6) is 1.56. The van der Waals surface area contributed by atoms with Gasteiger partial charge in [-0.1, -0.05) is 30.4 Å². The SMILES string of the molecule is COc1ccc(/C=C/c2ccc3[nH]cc(C4CCN(C)CC4)c3c2)cc1. The Morgan fingerprint density at radius 1 is 1.00 bits per heavy atom. The Kier molecular flexibility index (Phi) is 4.81. The number of hydrogen-bond donors (Lipinski definition) is 1. The molecular weight excluding hydrogens is 320 g/mol. The molecule has 0 saturated carbocycles. The van der Waals surface area contributed by atoms with E-state index < -0.39 is 0 Å². The van der Waals surface area contributed by atoms with Gasteiger partial charge in [0.05, 0.1) is 7.11 Å². The third kappa shape index (κ3) is 3.54. The van der Waals surface area contributed by atoms with Crippen LogP contribution in [0.25, 0.3) is 23.1 Å². The van der Waals surface area contributed by atoms with Gasteiger partial charge in [0.2, 0.25) is 0 Å². The number of aromatic amines is 1. The minimum atomic E-state index is 0.667. The maximum atomic E-state index is 5.22. The molecule has 0 radical (unpaired) electrons. The monoisotopic (exact) mass is 346 g/mol. The fourth-order valence-electron chi connectivity index (χ4n) is 3.83. The van der Waals surface area contributed by atoms with E-state index in [1.807, 2.05) is 12.1 Å². The lowest BCUT2D eigenvalue weighted by atomic mass is 9.89. The van der Waals surface area contributed by atoms with E-state index in [0.29, 0.717) is 5.92 Å². The van der Waals surface area contributed by atoms with Crippen LogP contribution in [0.2, 0.25) is 0 Å². The van der Waals surface area contributed by atoms with Gasteiger partial charge in [-0.15, -0.1) is 0 Å². The number of rotatable bonds is 4. The molecule has 26 heavy (non-hydrogen) atoms. The number of likely N-dealkylation sites (tertiary alicyclic amines) is 1. The second-order valence-electron chi connectivity index (χ2n) is 7.23. The van der Waals surface area contributed by atoms with Gasteiger partial charge in [0, 0.05) is 17.1 Å². The molecule has 3 heteroatoms. The molecule has 0 bridgehead atoms. The first kappa shape index (κ1) is 16.9. The van der Waals surface area contributed by atoms with Crippen molar-refractivity contribution in [1.29, 1.82) is 0 Å². The summed E-state index contributed by atoms with van der Waals surface area (Å²) in [6.07, 6.45) is 9.05. The van der Waals surface area contributed by atoms with E-state index in [2.05, 4.69) is 65.6 Å². The highest BCUT2D eigenvalue weighted by molar-refractivity contribution is 5.87. The number of nitrogens with zero attached hydrogens (tertiary/aromatic N) is 1. The van der Waals surface area contributed by atoms with Crippen molar-refractivity contribution in [2.24, 2.45) is 0 Å². The zero-order chi connectivity index (χ0) is 17.9. The topological polar surface area (TPSA) is 28.3 Å². The van der Waals surface area contributed by atoms with E-state index in [4.69, 9.17) is 4.74 Å². The van der Waals surface area contributed by atoms with Gasteiger partial charge in [-0.3, -0.25) is 0 Å². The highest BCUT2D eigenvalue weighted by Crippen LogP contribution is 2.33. The fourth-order valence-corrected chi connectivity index (χ4v) is 3.83. The predicted molar refractivity (Wildman–Crippen MR) is 110 cm³/mol. The van der Waals surface area contributed by atoms with Gasteiger partial charge in [-0.05, 0) is 79.9 Å². The van der Waals surface area contributed by atoms with Gasteiger partial charge in [0.25, 0.3) is 0 Å². The summed E-state index contributed by atoms with van der Waals surface area (Å²) >= 11 is 0. The minimum Gasteiger partial charge on any atom is -0.497 e. The number of fused-ring (bicyclic) bond motifs is 1. The van der Waals surface area contributed by atoms with E-state index in [0.717, 1.165) is 5.75 Å². The molecule has 1 fully saturated rings. The molecule has 3 aromatic rings. The molecule has 134 valence electrons. The molecule has 0 aliphatic carbocycles. The Morgan fingerprint density at radius 3 is 2.42 bits per heavy atom.